The highest BCUT2D eigenvalue weighted by atomic mass is 15.2. The van der Waals surface area contributed by atoms with Gasteiger partial charge in [0.15, 0.2) is 0 Å². The molecule has 1 saturated carbocycles. The molecule has 0 spiro atoms. The van der Waals surface area contributed by atoms with Crippen molar-refractivity contribution >= 4 is 28.2 Å². The minimum atomic E-state index is 0.175. The summed E-state index contributed by atoms with van der Waals surface area (Å²) < 4.78 is 0. The average Bonchev–Trinajstić information content (AvgIpc) is 2.64. The second-order valence-electron chi connectivity index (χ2n) is 6.65. The molecule has 0 unspecified atom stereocenters. The number of fused-ring (bicyclic) bond motifs is 1. The number of anilines is 3. The molecule has 128 valence electrons. The summed E-state index contributed by atoms with van der Waals surface area (Å²) in [5.41, 5.74) is 7.22. The Balaban J connectivity index is 1.50. The van der Waals surface area contributed by atoms with E-state index in [2.05, 4.69) is 50.9 Å². The number of nitrogens with zero attached hydrogens (tertiary/aromatic N) is 2. The van der Waals surface area contributed by atoms with Crippen LogP contribution in [0.5, 0.6) is 0 Å². The van der Waals surface area contributed by atoms with E-state index in [4.69, 9.17) is 5.73 Å². The number of benzene rings is 2. The zero-order valence-electron chi connectivity index (χ0n) is 14.2. The maximum Gasteiger partial charge on any atom is 0.224 e. The molecule has 1 aromatic heterocycles. The van der Waals surface area contributed by atoms with E-state index in [0.717, 1.165) is 24.3 Å². The van der Waals surface area contributed by atoms with Crippen LogP contribution in [0.15, 0.2) is 54.7 Å². The van der Waals surface area contributed by atoms with Crippen molar-refractivity contribution in [3.8, 4) is 0 Å². The van der Waals surface area contributed by atoms with Crippen LogP contribution in [0.3, 0.4) is 0 Å². The summed E-state index contributed by atoms with van der Waals surface area (Å²) in [6, 6.07) is 16.9. The maximum absolute atomic E-state index is 6.21. The Labute approximate surface area is 147 Å². The summed E-state index contributed by atoms with van der Waals surface area (Å²) in [5, 5.41) is 9.19. The molecule has 1 heterocycles. The highest BCUT2D eigenvalue weighted by Gasteiger charge is 2.22. The first-order valence-corrected chi connectivity index (χ1v) is 8.89. The molecule has 5 nitrogen and oxygen atoms in total. The number of nitrogens with two attached hydrogens (primary N) is 1. The van der Waals surface area contributed by atoms with Gasteiger partial charge in [-0.25, -0.2) is 4.98 Å². The lowest BCUT2D eigenvalue weighted by molar-refractivity contribution is 0.402. The van der Waals surface area contributed by atoms with Gasteiger partial charge in [-0.15, -0.1) is 0 Å². The Morgan fingerprint density at radius 1 is 0.960 bits per heavy atom. The Hall–Kier alpha value is -2.66. The zero-order chi connectivity index (χ0) is 17.1. The molecule has 4 rings (SSSR count). The van der Waals surface area contributed by atoms with Crippen LogP contribution < -0.4 is 16.4 Å². The average molecular weight is 333 g/mol. The molecule has 5 heteroatoms. The van der Waals surface area contributed by atoms with Gasteiger partial charge in [0, 0.05) is 24.0 Å². The third-order valence-corrected chi connectivity index (χ3v) is 4.81. The van der Waals surface area contributed by atoms with Gasteiger partial charge >= 0.3 is 0 Å². The first-order valence-electron chi connectivity index (χ1n) is 8.89. The lowest BCUT2D eigenvalue weighted by Gasteiger charge is -2.29. The molecule has 3 aromatic rings. The molecule has 2 aromatic carbocycles. The van der Waals surface area contributed by atoms with Crippen molar-refractivity contribution in [3.05, 3.63) is 54.7 Å². The minimum Gasteiger partial charge on any atom is -0.350 e. The summed E-state index contributed by atoms with van der Waals surface area (Å²) in [5.74, 6) is 1.41. The van der Waals surface area contributed by atoms with Crippen LogP contribution in [0.1, 0.15) is 25.7 Å². The lowest BCUT2D eigenvalue weighted by Crippen LogP contribution is -2.42. The first-order chi connectivity index (χ1) is 12.3. The number of aromatic nitrogens is 2. The van der Waals surface area contributed by atoms with E-state index >= 15 is 0 Å². The van der Waals surface area contributed by atoms with E-state index in [1.54, 1.807) is 6.20 Å². The van der Waals surface area contributed by atoms with Crippen LogP contribution in [0.25, 0.3) is 10.8 Å². The fourth-order valence-electron chi connectivity index (χ4n) is 3.42. The molecule has 2 atom stereocenters. The summed E-state index contributed by atoms with van der Waals surface area (Å²) >= 11 is 0. The summed E-state index contributed by atoms with van der Waals surface area (Å²) in [4.78, 5) is 8.93. The van der Waals surface area contributed by atoms with E-state index < -0.39 is 0 Å². The fraction of sp³-hybridized carbons (Fsp3) is 0.300. The molecule has 1 aliphatic carbocycles. The fourth-order valence-corrected chi connectivity index (χ4v) is 3.42. The smallest absolute Gasteiger partial charge is 0.224 e. The van der Waals surface area contributed by atoms with Crippen molar-refractivity contribution in [2.24, 2.45) is 5.73 Å². The van der Waals surface area contributed by atoms with E-state index in [9.17, 15) is 0 Å². The Kier molecular flexibility index (Phi) is 4.48. The van der Waals surface area contributed by atoms with Gasteiger partial charge in [0.1, 0.15) is 5.82 Å². The zero-order valence-corrected chi connectivity index (χ0v) is 14.2. The van der Waals surface area contributed by atoms with E-state index in [1.807, 2.05) is 18.2 Å². The number of hydrogen-bond acceptors (Lipinski definition) is 5. The predicted molar refractivity (Wildman–Crippen MR) is 103 cm³/mol. The molecule has 0 bridgehead atoms. The predicted octanol–water partition coefficient (Wildman–Crippen LogP) is 4.06. The van der Waals surface area contributed by atoms with E-state index in [-0.39, 0.29) is 12.1 Å². The molecule has 0 saturated heterocycles. The van der Waals surface area contributed by atoms with Crippen molar-refractivity contribution in [1.29, 1.82) is 0 Å². The normalized spacial score (nSPS) is 20.4. The van der Waals surface area contributed by atoms with E-state index in [0.29, 0.717) is 5.95 Å². The van der Waals surface area contributed by atoms with Crippen molar-refractivity contribution in [2.45, 2.75) is 37.8 Å². The van der Waals surface area contributed by atoms with Crippen molar-refractivity contribution < 1.29 is 0 Å². The topological polar surface area (TPSA) is 75.9 Å². The van der Waals surface area contributed by atoms with Gasteiger partial charge in [-0.2, -0.15) is 4.98 Å². The highest BCUT2D eigenvalue weighted by Crippen LogP contribution is 2.23. The Morgan fingerprint density at radius 3 is 2.68 bits per heavy atom. The van der Waals surface area contributed by atoms with E-state index in [1.165, 1.54) is 23.6 Å². The molecule has 1 aliphatic rings. The Bertz CT molecular complexity index is 863. The van der Waals surface area contributed by atoms with Crippen molar-refractivity contribution in [2.75, 3.05) is 10.6 Å². The van der Waals surface area contributed by atoms with Gasteiger partial charge in [0.25, 0.3) is 0 Å². The van der Waals surface area contributed by atoms with Crippen molar-refractivity contribution in [1.82, 2.24) is 9.97 Å². The standard InChI is InChI=1S/C20H23N5/c21-17-7-3-4-8-18(17)24-20-22-12-11-19(25-20)23-16-10-9-14-5-1-2-6-15(14)13-16/h1-2,5-6,9-13,17-18H,3-4,7-8,21H2,(H2,22,23,24,25)/t17-,18+/m0/s1. The van der Waals surface area contributed by atoms with Gasteiger partial charge in [0.2, 0.25) is 5.95 Å². The van der Waals surface area contributed by atoms with Crippen LogP contribution in [-0.2, 0) is 0 Å². The monoisotopic (exact) mass is 333 g/mol. The highest BCUT2D eigenvalue weighted by molar-refractivity contribution is 5.86. The second-order valence-corrected chi connectivity index (χ2v) is 6.65. The third-order valence-electron chi connectivity index (χ3n) is 4.81. The molecular formula is C20H23N5. The van der Waals surface area contributed by atoms with Crippen LogP contribution in [0.4, 0.5) is 17.5 Å². The largest absolute Gasteiger partial charge is 0.350 e. The molecule has 0 aliphatic heterocycles. The molecule has 25 heavy (non-hydrogen) atoms. The second kappa shape index (κ2) is 7.07. The van der Waals surface area contributed by atoms with Crippen LogP contribution >= 0.6 is 0 Å². The summed E-state index contributed by atoms with van der Waals surface area (Å²) in [7, 11) is 0. The van der Waals surface area contributed by atoms with Gasteiger partial charge in [0.05, 0.1) is 0 Å². The van der Waals surface area contributed by atoms with Crippen LogP contribution in [0.2, 0.25) is 0 Å². The quantitative estimate of drug-likeness (QED) is 0.671. The van der Waals surface area contributed by atoms with Gasteiger partial charge in [-0.3, -0.25) is 0 Å². The summed E-state index contributed by atoms with van der Waals surface area (Å²) in [6.07, 6.45) is 6.33. The number of nitrogens with one attached hydrogen (secondary N) is 2. The Morgan fingerprint density at radius 2 is 1.80 bits per heavy atom. The van der Waals surface area contributed by atoms with Crippen LogP contribution in [0, 0.1) is 0 Å². The van der Waals surface area contributed by atoms with Gasteiger partial charge in [-0.05, 0) is 41.8 Å². The molecular weight excluding hydrogens is 310 g/mol. The first kappa shape index (κ1) is 15.8. The molecule has 1 fully saturated rings. The number of hydrogen-bond donors (Lipinski definition) is 3. The lowest BCUT2D eigenvalue weighted by atomic mass is 9.91. The molecule has 4 N–H and O–H groups in total. The minimum absolute atomic E-state index is 0.175. The molecule has 0 radical (unpaired) electrons. The number of rotatable bonds is 4. The SMILES string of the molecule is N[C@H]1CCCC[C@H]1Nc1nccc(Nc2ccc3ccccc3c2)n1. The van der Waals surface area contributed by atoms with Crippen molar-refractivity contribution in [3.63, 3.8) is 0 Å². The summed E-state index contributed by atoms with van der Waals surface area (Å²) in [6.45, 7) is 0. The van der Waals surface area contributed by atoms with Gasteiger partial charge in [-0.1, -0.05) is 43.2 Å². The third kappa shape index (κ3) is 3.72. The van der Waals surface area contributed by atoms with Crippen LogP contribution in [-0.4, -0.2) is 22.1 Å². The molecule has 0 amide bonds. The maximum atomic E-state index is 6.21. The van der Waals surface area contributed by atoms with Gasteiger partial charge < -0.3 is 16.4 Å².